The van der Waals surface area contributed by atoms with Crippen LogP contribution in [0.3, 0.4) is 0 Å². The Kier molecular flexibility index (Phi) is 19.2. The molecular formula is C18H36NNaO4S. The summed E-state index contributed by atoms with van der Waals surface area (Å²) in [5.41, 5.74) is 0.360. The summed E-state index contributed by atoms with van der Waals surface area (Å²) in [4.78, 5) is 11.2. The van der Waals surface area contributed by atoms with Crippen molar-refractivity contribution in [3.63, 3.8) is 0 Å². The first-order chi connectivity index (χ1) is 11.4. The summed E-state index contributed by atoms with van der Waals surface area (Å²) in [5, 5.41) is 2.48. The fourth-order valence-corrected chi connectivity index (χ4v) is 3.12. The van der Waals surface area contributed by atoms with Gasteiger partial charge in [-0.3, -0.25) is 8.98 Å². The summed E-state index contributed by atoms with van der Waals surface area (Å²) in [6, 6.07) is 0. The summed E-state index contributed by atoms with van der Waals surface area (Å²) in [6.07, 6.45) is 12.0. The molecule has 0 unspecified atom stereocenters. The van der Waals surface area contributed by atoms with Crippen molar-refractivity contribution in [2.45, 2.75) is 78.1 Å². The molecule has 0 aromatic heterocycles. The molecule has 0 saturated carbocycles. The smallest absolute Gasteiger partial charge is 1.00 e. The Balaban J connectivity index is -0.00000264. The second kappa shape index (κ2) is 17.5. The second-order valence-electron chi connectivity index (χ2n) is 6.30. The molecule has 0 spiro atoms. The van der Waals surface area contributed by atoms with E-state index in [0.717, 1.165) is 19.3 Å². The van der Waals surface area contributed by atoms with Crippen molar-refractivity contribution in [3.8, 4) is 0 Å². The van der Waals surface area contributed by atoms with Gasteiger partial charge in [-0.1, -0.05) is 71.3 Å². The molecule has 0 aliphatic carbocycles. The third-order valence-electron chi connectivity index (χ3n) is 3.79. The van der Waals surface area contributed by atoms with Gasteiger partial charge in [0.15, 0.2) is 0 Å². The minimum absolute atomic E-state index is 0. The molecule has 0 rings (SSSR count). The first kappa shape index (κ1) is 27.3. The van der Waals surface area contributed by atoms with E-state index in [1.54, 1.807) is 6.92 Å². The number of nitrogens with one attached hydrogen (secondary N) is 1. The molecule has 0 radical (unpaired) electrons. The molecule has 0 bridgehead atoms. The van der Waals surface area contributed by atoms with Gasteiger partial charge < -0.3 is 6.74 Å². The van der Waals surface area contributed by atoms with E-state index in [9.17, 15) is 13.2 Å². The summed E-state index contributed by atoms with van der Waals surface area (Å²) in [6.45, 7) is 7.56. The van der Waals surface area contributed by atoms with E-state index in [0.29, 0.717) is 5.57 Å². The van der Waals surface area contributed by atoms with Crippen molar-refractivity contribution in [2.24, 2.45) is 0 Å². The monoisotopic (exact) mass is 385 g/mol. The Bertz CT molecular complexity index is 458. The predicted octanol–water partition coefficient (Wildman–Crippen LogP) is 1.06. The molecule has 0 aromatic carbocycles. The Morgan fingerprint density at radius 3 is 1.96 bits per heavy atom. The zero-order valence-electron chi connectivity index (χ0n) is 17.4. The topological polar surface area (TPSA) is 72.5 Å². The van der Waals surface area contributed by atoms with Crippen LogP contribution in [0.4, 0.5) is 0 Å². The number of hydrogen-bond donors (Lipinski definition) is 1. The Hall–Kier alpha value is 0.120. The van der Waals surface area contributed by atoms with Crippen molar-refractivity contribution in [1.82, 2.24) is 5.32 Å². The van der Waals surface area contributed by atoms with Crippen LogP contribution in [-0.4, -0.2) is 33.2 Å². The molecule has 1 N–H and O–H groups in total. The molecular weight excluding hydrogens is 349 g/mol. The normalized spacial score (nSPS) is 11.0. The fourth-order valence-electron chi connectivity index (χ4n) is 2.27. The van der Waals surface area contributed by atoms with Gasteiger partial charge in [-0.15, -0.1) is 0 Å². The minimum Gasteiger partial charge on any atom is -1.00 e. The van der Waals surface area contributed by atoms with Gasteiger partial charge in [0, 0.05) is 12.1 Å². The van der Waals surface area contributed by atoms with Crippen molar-refractivity contribution < 1.29 is 48.4 Å². The number of hydrogen-bond acceptors (Lipinski definition) is 4. The van der Waals surface area contributed by atoms with Crippen molar-refractivity contribution in [1.29, 1.82) is 0 Å². The second-order valence-corrected chi connectivity index (χ2v) is 8.06. The number of amides is 1. The fraction of sp³-hybridized carbons (Fsp3) is 0.833. The molecule has 0 atom stereocenters. The number of carbonyl (C=O) groups is 1. The maximum atomic E-state index is 11.6. The van der Waals surface area contributed by atoms with E-state index >= 15 is 0 Å². The predicted molar refractivity (Wildman–Crippen MR) is 101 cm³/mol. The molecule has 0 fully saturated rings. The standard InChI is InChI=1S/C18H35NO4S.Na.H/c1-4-5-6-7-8-9-10-11-12-13-15-23-24(21,22)16-14-19-18(20)17(2)3;;/h2,4-16H2,1,3H3,(H,19,20);;/q;+1;-1. The average molecular weight is 386 g/mol. The van der Waals surface area contributed by atoms with Crippen LogP contribution in [0.15, 0.2) is 12.2 Å². The van der Waals surface area contributed by atoms with E-state index < -0.39 is 10.1 Å². The number of carbonyl (C=O) groups excluding carboxylic acids is 1. The van der Waals surface area contributed by atoms with E-state index in [2.05, 4.69) is 18.8 Å². The quantitative estimate of drug-likeness (QED) is 0.187. The molecule has 0 heterocycles. The average Bonchev–Trinajstić information content (AvgIpc) is 2.52. The van der Waals surface area contributed by atoms with Gasteiger partial charge in [0.1, 0.15) is 0 Å². The zero-order chi connectivity index (χ0) is 18.3. The molecule has 25 heavy (non-hydrogen) atoms. The summed E-state index contributed by atoms with van der Waals surface area (Å²) < 4.78 is 28.2. The van der Waals surface area contributed by atoms with Gasteiger partial charge in [-0.25, -0.2) is 0 Å². The molecule has 0 aliphatic rings. The van der Waals surface area contributed by atoms with Gasteiger partial charge in [0.2, 0.25) is 5.91 Å². The zero-order valence-corrected chi connectivity index (χ0v) is 19.3. The third-order valence-corrected chi connectivity index (χ3v) is 5.02. The Labute approximate surface area is 178 Å². The van der Waals surface area contributed by atoms with Gasteiger partial charge in [0.05, 0.1) is 12.4 Å². The summed E-state index contributed by atoms with van der Waals surface area (Å²) in [7, 11) is -3.56. The SMILES string of the molecule is C=C(C)C(=O)NCCS(=O)(=O)OCCCCCCCCCCCC.[H-].[Na+]. The number of rotatable bonds is 16. The molecule has 7 heteroatoms. The van der Waals surface area contributed by atoms with Crippen LogP contribution in [0.25, 0.3) is 0 Å². The van der Waals surface area contributed by atoms with Crippen LogP contribution in [-0.2, 0) is 19.1 Å². The Morgan fingerprint density at radius 2 is 1.48 bits per heavy atom. The maximum absolute atomic E-state index is 11.6. The van der Waals surface area contributed by atoms with Gasteiger partial charge in [-0.2, -0.15) is 8.42 Å². The summed E-state index contributed by atoms with van der Waals surface area (Å²) >= 11 is 0. The van der Waals surface area contributed by atoms with Crippen LogP contribution in [0.5, 0.6) is 0 Å². The first-order valence-electron chi connectivity index (χ1n) is 9.20. The van der Waals surface area contributed by atoms with Gasteiger partial charge >= 0.3 is 29.6 Å². The van der Waals surface area contributed by atoms with Crippen molar-refractivity contribution in [3.05, 3.63) is 12.2 Å². The molecule has 0 aliphatic heterocycles. The van der Waals surface area contributed by atoms with Crippen LogP contribution >= 0.6 is 0 Å². The van der Waals surface area contributed by atoms with Crippen molar-refractivity contribution in [2.75, 3.05) is 18.9 Å². The first-order valence-corrected chi connectivity index (χ1v) is 10.8. The molecule has 0 aromatic rings. The van der Waals surface area contributed by atoms with Crippen LogP contribution < -0.4 is 34.9 Å². The van der Waals surface area contributed by atoms with E-state index in [-0.39, 0.29) is 55.8 Å². The third kappa shape index (κ3) is 18.7. The van der Waals surface area contributed by atoms with E-state index in [1.165, 1.54) is 44.9 Å². The molecule has 1 amide bonds. The molecule has 144 valence electrons. The largest absolute Gasteiger partial charge is 1.00 e. The minimum atomic E-state index is -3.56. The van der Waals surface area contributed by atoms with Crippen LogP contribution in [0, 0.1) is 0 Å². The van der Waals surface area contributed by atoms with E-state index in [4.69, 9.17) is 4.18 Å². The Morgan fingerprint density at radius 1 is 1.00 bits per heavy atom. The van der Waals surface area contributed by atoms with Gasteiger partial charge in [-0.05, 0) is 13.3 Å². The molecule has 5 nitrogen and oxygen atoms in total. The maximum Gasteiger partial charge on any atom is 1.00 e. The number of unbranched alkanes of at least 4 members (excludes halogenated alkanes) is 9. The van der Waals surface area contributed by atoms with Crippen LogP contribution in [0.1, 0.15) is 79.5 Å². The van der Waals surface area contributed by atoms with Gasteiger partial charge in [0.25, 0.3) is 10.1 Å². The van der Waals surface area contributed by atoms with E-state index in [1.807, 2.05) is 0 Å². The molecule has 0 saturated heterocycles. The van der Waals surface area contributed by atoms with Crippen molar-refractivity contribution >= 4 is 16.0 Å². The summed E-state index contributed by atoms with van der Waals surface area (Å²) in [5.74, 6) is -0.538. The van der Waals surface area contributed by atoms with Crippen LogP contribution in [0.2, 0.25) is 0 Å².